The molecule has 6 nitrogen and oxygen atoms in total. The first-order valence-corrected chi connectivity index (χ1v) is 6.50. The lowest BCUT2D eigenvalue weighted by Gasteiger charge is -2.11. The Morgan fingerprint density at radius 2 is 2.21 bits per heavy atom. The van der Waals surface area contributed by atoms with Crippen LogP contribution in [0.4, 0.5) is 11.6 Å². The summed E-state index contributed by atoms with van der Waals surface area (Å²) in [4.78, 5) is 8.94. The van der Waals surface area contributed by atoms with Crippen LogP contribution in [0.25, 0.3) is 0 Å². The number of nitrogens with two attached hydrogens (primary N) is 1. The highest BCUT2D eigenvalue weighted by atomic mass is 15.3. The second kappa shape index (κ2) is 4.53. The maximum absolute atomic E-state index is 5.95. The summed E-state index contributed by atoms with van der Waals surface area (Å²) in [6.07, 6.45) is 4.26. The summed E-state index contributed by atoms with van der Waals surface area (Å²) >= 11 is 0. The van der Waals surface area contributed by atoms with E-state index >= 15 is 0 Å². The van der Waals surface area contributed by atoms with Crippen LogP contribution in [0.1, 0.15) is 35.8 Å². The zero-order valence-corrected chi connectivity index (χ0v) is 11.2. The molecule has 2 aromatic rings. The Balaban J connectivity index is 1.79. The van der Waals surface area contributed by atoms with Gasteiger partial charge in [-0.25, -0.2) is 9.97 Å². The first kappa shape index (κ1) is 12.0. The second-order valence-electron chi connectivity index (χ2n) is 5.05. The van der Waals surface area contributed by atoms with Crippen LogP contribution < -0.4 is 11.1 Å². The summed E-state index contributed by atoms with van der Waals surface area (Å²) in [6, 6.07) is 1.98. The van der Waals surface area contributed by atoms with Crippen molar-refractivity contribution in [2.45, 2.75) is 32.2 Å². The van der Waals surface area contributed by atoms with Gasteiger partial charge in [-0.2, -0.15) is 5.10 Å². The molecule has 0 spiro atoms. The number of aryl methyl sites for hydroxylation is 1. The average Bonchev–Trinajstić information content (AvgIpc) is 3.15. The van der Waals surface area contributed by atoms with E-state index in [1.165, 1.54) is 12.8 Å². The lowest BCUT2D eigenvalue weighted by Crippen LogP contribution is -2.09. The molecule has 19 heavy (non-hydrogen) atoms. The first-order valence-electron chi connectivity index (χ1n) is 6.50. The molecule has 0 radical (unpaired) electrons. The summed E-state index contributed by atoms with van der Waals surface area (Å²) < 4.78 is 1.79. The molecule has 6 heteroatoms. The predicted molar refractivity (Wildman–Crippen MR) is 73.7 cm³/mol. The number of hydrogen-bond acceptors (Lipinski definition) is 5. The van der Waals surface area contributed by atoms with Crippen molar-refractivity contribution < 1.29 is 0 Å². The minimum absolute atomic E-state index is 0.498. The first-order chi connectivity index (χ1) is 9.13. The van der Waals surface area contributed by atoms with Crippen LogP contribution in [-0.2, 0) is 13.6 Å². The van der Waals surface area contributed by atoms with Gasteiger partial charge in [-0.05, 0) is 25.8 Å². The van der Waals surface area contributed by atoms with Gasteiger partial charge in [-0.15, -0.1) is 0 Å². The second-order valence-corrected chi connectivity index (χ2v) is 5.05. The predicted octanol–water partition coefficient (Wildman–Crippen LogP) is 1.59. The monoisotopic (exact) mass is 258 g/mol. The molecule has 0 saturated heterocycles. The molecule has 3 N–H and O–H groups in total. The highest BCUT2D eigenvalue weighted by Gasteiger charge is 2.27. The molecule has 0 aromatic carbocycles. The van der Waals surface area contributed by atoms with Crippen molar-refractivity contribution in [3.8, 4) is 0 Å². The summed E-state index contributed by atoms with van der Waals surface area (Å²) in [5.41, 5.74) is 7.83. The molecule has 1 aliphatic carbocycles. The van der Waals surface area contributed by atoms with E-state index in [-0.39, 0.29) is 0 Å². The van der Waals surface area contributed by atoms with Gasteiger partial charge in [0.15, 0.2) is 0 Å². The summed E-state index contributed by atoms with van der Waals surface area (Å²) in [5.74, 6) is 2.75. The van der Waals surface area contributed by atoms with Crippen molar-refractivity contribution >= 4 is 11.6 Å². The number of anilines is 2. The van der Waals surface area contributed by atoms with E-state index in [4.69, 9.17) is 5.73 Å². The van der Waals surface area contributed by atoms with Gasteiger partial charge < -0.3 is 11.1 Å². The summed E-state index contributed by atoms with van der Waals surface area (Å²) in [7, 11) is 1.91. The van der Waals surface area contributed by atoms with Gasteiger partial charge in [-0.1, -0.05) is 0 Å². The van der Waals surface area contributed by atoms with E-state index in [1.807, 2.05) is 26.2 Å². The number of nitrogen functional groups attached to an aromatic ring is 1. The zero-order valence-electron chi connectivity index (χ0n) is 11.2. The van der Waals surface area contributed by atoms with Crippen molar-refractivity contribution in [3.63, 3.8) is 0 Å². The standard InChI is InChI=1S/C13H18N6/c1-8-11(14)16-13(9-3-4-9)17-12(8)15-7-10-5-6-19(2)18-10/h5-6,9H,3-4,7H2,1-2H3,(H3,14,15,16,17). The average molecular weight is 258 g/mol. The van der Waals surface area contributed by atoms with Gasteiger partial charge in [0.25, 0.3) is 0 Å². The fraction of sp³-hybridized carbons (Fsp3) is 0.462. The van der Waals surface area contributed by atoms with Crippen LogP contribution in [0.5, 0.6) is 0 Å². The number of nitrogens with one attached hydrogen (secondary N) is 1. The third kappa shape index (κ3) is 2.52. The van der Waals surface area contributed by atoms with E-state index in [9.17, 15) is 0 Å². The van der Waals surface area contributed by atoms with E-state index in [1.54, 1.807) is 4.68 Å². The Morgan fingerprint density at radius 1 is 1.42 bits per heavy atom. The third-order valence-electron chi connectivity index (χ3n) is 3.35. The fourth-order valence-corrected chi connectivity index (χ4v) is 1.98. The summed E-state index contributed by atoms with van der Waals surface area (Å²) in [6.45, 7) is 2.58. The van der Waals surface area contributed by atoms with Crippen molar-refractivity contribution in [2.75, 3.05) is 11.1 Å². The van der Waals surface area contributed by atoms with E-state index in [0.717, 1.165) is 22.9 Å². The quantitative estimate of drug-likeness (QED) is 0.870. The van der Waals surface area contributed by atoms with Gasteiger partial charge in [0.05, 0.1) is 12.2 Å². The molecular formula is C13H18N6. The molecule has 0 atom stereocenters. The Bertz CT molecular complexity index is 599. The molecule has 0 bridgehead atoms. The van der Waals surface area contributed by atoms with Crippen LogP contribution in [0.15, 0.2) is 12.3 Å². The minimum atomic E-state index is 0.498. The highest BCUT2D eigenvalue weighted by Crippen LogP contribution is 2.39. The molecule has 1 fully saturated rings. The Kier molecular flexibility index (Phi) is 2.85. The lowest BCUT2D eigenvalue weighted by molar-refractivity contribution is 0.746. The lowest BCUT2D eigenvalue weighted by atomic mass is 10.2. The van der Waals surface area contributed by atoms with E-state index in [0.29, 0.717) is 18.3 Å². The normalized spacial score (nSPS) is 14.6. The topological polar surface area (TPSA) is 81.6 Å². The van der Waals surface area contributed by atoms with Crippen LogP contribution in [0.3, 0.4) is 0 Å². The molecule has 100 valence electrons. The largest absolute Gasteiger partial charge is 0.383 e. The van der Waals surface area contributed by atoms with Gasteiger partial charge in [0.2, 0.25) is 0 Å². The highest BCUT2D eigenvalue weighted by molar-refractivity contribution is 5.55. The molecule has 1 aliphatic rings. The number of aromatic nitrogens is 4. The maximum Gasteiger partial charge on any atom is 0.136 e. The Labute approximate surface area is 112 Å². The van der Waals surface area contributed by atoms with Crippen LogP contribution in [0.2, 0.25) is 0 Å². The molecule has 2 aromatic heterocycles. The molecule has 0 amide bonds. The molecule has 0 aliphatic heterocycles. The van der Waals surface area contributed by atoms with Crippen molar-refractivity contribution in [3.05, 3.63) is 29.3 Å². The van der Waals surface area contributed by atoms with E-state index < -0.39 is 0 Å². The molecule has 0 unspecified atom stereocenters. The van der Waals surface area contributed by atoms with Crippen molar-refractivity contribution in [1.82, 2.24) is 19.7 Å². The number of nitrogens with zero attached hydrogens (tertiary/aromatic N) is 4. The molecule has 2 heterocycles. The SMILES string of the molecule is Cc1c(N)nc(C2CC2)nc1NCc1ccn(C)n1. The van der Waals surface area contributed by atoms with Crippen LogP contribution in [0, 0.1) is 6.92 Å². The zero-order chi connectivity index (χ0) is 13.4. The minimum Gasteiger partial charge on any atom is -0.383 e. The molecular weight excluding hydrogens is 240 g/mol. The van der Waals surface area contributed by atoms with Crippen LogP contribution in [-0.4, -0.2) is 19.7 Å². The van der Waals surface area contributed by atoms with Crippen molar-refractivity contribution in [1.29, 1.82) is 0 Å². The Hall–Kier alpha value is -2.11. The fourth-order valence-electron chi connectivity index (χ4n) is 1.98. The summed E-state index contributed by atoms with van der Waals surface area (Å²) in [5, 5.41) is 7.63. The molecule has 3 rings (SSSR count). The van der Waals surface area contributed by atoms with Crippen LogP contribution >= 0.6 is 0 Å². The van der Waals surface area contributed by atoms with E-state index in [2.05, 4.69) is 20.4 Å². The maximum atomic E-state index is 5.95. The third-order valence-corrected chi connectivity index (χ3v) is 3.35. The Morgan fingerprint density at radius 3 is 2.84 bits per heavy atom. The van der Waals surface area contributed by atoms with Crippen molar-refractivity contribution in [2.24, 2.45) is 7.05 Å². The van der Waals surface area contributed by atoms with Gasteiger partial charge in [-0.3, -0.25) is 4.68 Å². The van der Waals surface area contributed by atoms with Gasteiger partial charge in [0.1, 0.15) is 17.5 Å². The number of hydrogen-bond donors (Lipinski definition) is 2. The molecule has 1 saturated carbocycles. The van der Waals surface area contributed by atoms with Gasteiger partial charge >= 0.3 is 0 Å². The smallest absolute Gasteiger partial charge is 0.136 e. The number of rotatable bonds is 4. The van der Waals surface area contributed by atoms with Gasteiger partial charge in [0, 0.05) is 24.7 Å².